The summed E-state index contributed by atoms with van der Waals surface area (Å²) in [4.78, 5) is 37.5. The van der Waals surface area contributed by atoms with E-state index in [1.807, 2.05) is 21.1 Å². The molecule has 0 saturated carbocycles. The van der Waals surface area contributed by atoms with Crippen molar-refractivity contribution in [2.24, 2.45) is 0 Å². The smallest absolute Gasteiger partial charge is 0.306 e. The number of allylic oxidation sites excluding steroid dienone is 20. The molecule has 0 amide bonds. The summed E-state index contributed by atoms with van der Waals surface area (Å²) in [5, 5.41) is 11.8. The van der Waals surface area contributed by atoms with Crippen LogP contribution in [0.4, 0.5) is 0 Å². The minimum absolute atomic E-state index is 0.144. The maximum absolute atomic E-state index is 13.0. The van der Waals surface area contributed by atoms with Crippen LogP contribution in [0.3, 0.4) is 0 Å². The number of rotatable bonds is 67. The summed E-state index contributed by atoms with van der Waals surface area (Å²) in [6.45, 7) is 4.54. The highest BCUT2D eigenvalue weighted by Gasteiger charge is 2.22. The molecule has 2 atom stereocenters. The number of likely N-dealkylation sites (N-methyl/N-ethyl adjacent to an activating group) is 1. The molecule has 0 aliphatic rings. The van der Waals surface area contributed by atoms with Crippen LogP contribution in [0.5, 0.6) is 0 Å². The van der Waals surface area contributed by atoms with E-state index in [9.17, 15) is 19.5 Å². The molecule has 0 bridgehead atoms. The quantitative estimate of drug-likeness (QED) is 0.0195. The number of esters is 2. The highest BCUT2D eigenvalue weighted by atomic mass is 16.7. The molecule has 0 saturated heterocycles. The van der Waals surface area contributed by atoms with Crippen LogP contribution in [0.1, 0.15) is 309 Å². The van der Waals surface area contributed by atoms with Crippen LogP contribution < -0.4 is 5.11 Å². The van der Waals surface area contributed by atoms with Crippen molar-refractivity contribution in [3.8, 4) is 0 Å². The van der Waals surface area contributed by atoms with Crippen molar-refractivity contribution in [2.45, 2.75) is 322 Å². The number of nitrogens with zero attached hydrogens (tertiary/aromatic N) is 1. The van der Waals surface area contributed by atoms with Crippen molar-refractivity contribution >= 4 is 17.9 Å². The van der Waals surface area contributed by atoms with Gasteiger partial charge in [-0.1, -0.05) is 315 Å². The van der Waals surface area contributed by atoms with Crippen LogP contribution in [-0.4, -0.2) is 82.3 Å². The summed E-state index contributed by atoms with van der Waals surface area (Å²) in [6, 6.07) is 0. The van der Waals surface area contributed by atoms with Crippen LogP contribution in [0, 0.1) is 0 Å². The second kappa shape index (κ2) is 69.6. The lowest BCUT2D eigenvalue weighted by Crippen LogP contribution is -2.44. The lowest BCUT2D eigenvalue weighted by atomic mass is 10.0. The van der Waals surface area contributed by atoms with E-state index in [-0.39, 0.29) is 38.6 Å². The van der Waals surface area contributed by atoms with Gasteiger partial charge in [0.2, 0.25) is 0 Å². The topological polar surface area (TPSA) is 111 Å². The second-order valence-electron chi connectivity index (χ2n) is 25.5. The van der Waals surface area contributed by atoms with Gasteiger partial charge in [-0.15, -0.1) is 0 Å². The third-order valence-electron chi connectivity index (χ3n) is 15.7. The van der Waals surface area contributed by atoms with Crippen molar-refractivity contribution < 1.29 is 42.9 Å². The first-order valence-electron chi connectivity index (χ1n) is 36.7. The molecule has 89 heavy (non-hydrogen) atoms. The molecule has 0 heterocycles. The molecule has 0 rings (SSSR count). The van der Waals surface area contributed by atoms with Gasteiger partial charge >= 0.3 is 11.9 Å². The number of unbranched alkanes of at least 4 members (excludes halogenated alkanes) is 32. The molecule has 0 aromatic rings. The molecule has 0 spiro atoms. The Labute approximate surface area is 548 Å². The zero-order valence-corrected chi connectivity index (χ0v) is 58.3. The molecule has 0 N–H and O–H groups in total. The van der Waals surface area contributed by atoms with Crippen molar-refractivity contribution in [3.05, 3.63) is 122 Å². The largest absolute Gasteiger partial charge is 0.545 e. The van der Waals surface area contributed by atoms with Gasteiger partial charge in [-0.25, -0.2) is 0 Å². The van der Waals surface area contributed by atoms with E-state index in [1.54, 1.807) is 0 Å². The monoisotopic (exact) mass is 1240 g/mol. The number of quaternary nitrogens is 1. The van der Waals surface area contributed by atoms with Crippen molar-refractivity contribution in [1.29, 1.82) is 0 Å². The molecule has 2 unspecified atom stereocenters. The van der Waals surface area contributed by atoms with Gasteiger partial charge in [-0.05, 0) is 103 Å². The van der Waals surface area contributed by atoms with Crippen molar-refractivity contribution in [1.82, 2.24) is 0 Å². The lowest BCUT2D eigenvalue weighted by Gasteiger charge is -2.26. The van der Waals surface area contributed by atoms with Gasteiger partial charge < -0.3 is 33.3 Å². The number of carboxylic acids is 1. The first-order valence-corrected chi connectivity index (χ1v) is 36.7. The molecule has 510 valence electrons. The molecule has 0 aliphatic heterocycles. The first-order chi connectivity index (χ1) is 43.6. The molecule has 0 aromatic carbocycles. The Balaban J connectivity index is 4.06. The Morgan fingerprint density at radius 1 is 0.337 bits per heavy atom. The molecule has 0 aliphatic carbocycles. The zero-order chi connectivity index (χ0) is 64.7. The van der Waals surface area contributed by atoms with E-state index < -0.39 is 24.3 Å². The normalized spacial score (nSPS) is 13.4. The molecular weight excluding hydrogens is 1100 g/mol. The minimum Gasteiger partial charge on any atom is -0.545 e. The Morgan fingerprint density at radius 2 is 0.607 bits per heavy atom. The van der Waals surface area contributed by atoms with Crippen LogP contribution in [0.25, 0.3) is 0 Å². The van der Waals surface area contributed by atoms with Gasteiger partial charge in [-0.3, -0.25) is 9.59 Å². The van der Waals surface area contributed by atoms with E-state index in [0.29, 0.717) is 17.4 Å². The Bertz CT molecular complexity index is 1880. The molecule has 9 heteroatoms. The Hall–Kier alpha value is -4.31. The van der Waals surface area contributed by atoms with Crippen molar-refractivity contribution in [3.63, 3.8) is 0 Å². The van der Waals surface area contributed by atoms with E-state index in [2.05, 4.69) is 135 Å². The van der Waals surface area contributed by atoms with Gasteiger partial charge in [0.1, 0.15) is 13.2 Å². The summed E-state index contributed by atoms with van der Waals surface area (Å²) in [5.41, 5.74) is 0. The number of hydrogen-bond donors (Lipinski definition) is 0. The average Bonchev–Trinajstić information content (AvgIpc) is 3.70. The van der Waals surface area contributed by atoms with Gasteiger partial charge in [0.15, 0.2) is 12.4 Å². The van der Waals surface area contributed by atoms with Gasteiger partial charge in [0.25, 0.3) is 0 Å². The summed E-state index contributed by atoms with van der Waals surface area (Å²) < 4.78 is 22.8. The van der Waals surface area contributed by atoms with Crippen LogP contribution in [-0.2, 0) is 33.3 Å². The van der Waals surface area contributed by atoms with E-state index in [0.717, 1.165) is 96.3 Å². The number of carbonyl (C=O) groups is 3. The van der Waals surface area contributed by atoms with E-state index >= 15 is 0 Å². The van der Waals surface area contributed by atoms with Gasteiger partial charge in [-0.2, -0.15) is 0 Å². The molecule has 0 aromatic heterocycles. The lowest BCUT2D eigenvalue weighted by molar-refractivity contribution is -0.870. The maximum Gasteiger partial charge on any atom is 0.306 e. The van der Waals surface area contributed by atoms with Crippen LogP contribution in [0.2, 0.25) is 0 Å². The number of hydrogen-bond acceptors (Lipinski definition) is 8. The van der Waals surface area contributed by atoms with Gasteiger partial charge in [0, 0.05) is 12.8 Å². The van der Waals surface area contributed by atoms with Crippen LogP contribution in [0.15, 0.2) is 122 Å². The summed E-state index contributed by atoms with van der Waals surface area (Å²) in [6.07, 6.45) is 95.8. The number of carbonyl (C=O) groups excluding carboxylic acids is 3. The Kier molecular flexibility index (Phi) is 66.2. The first kappa shape index (κ1) is 84.7. The summed E-state index contributed by atoms with van der Waals surface area (Å²) in [5.74, 6) is -2.28. The molecule has 0 radical (unpaired) electrons. The fourth-order valence-corrected chi connectivity index (χ4v) is 10.2. The zero-order valence-electron chi connectivity index (χ0n) is 58.3. The Morgan fingerprint density at radius 3 is 0.899 bits per heavy atom. The fourth-order valence-electron chi connectivity index (χ4n) is 10.2. The predicted molar refractivity (Wildman–Crippen MR) is 380 cm³/mol. The summed E-state index contributed by atoms with van der Waals surface area (Å²) in [7, 11) is 5.93. The van der Waals surface area contributed by atoms with Crippen molar-refractivity contribution in [2.75, 3.05) is 47.5 Å². The molecule has 9 nitrogen and oxygen atoms in total. The van der Waals surface area contributed by atoms with E-state index in [1.165, 1.54) is 180 Å². The number of aliphatic carboxylic acids is 1. The highest BCUT2D eigenvalue weighted by molar-refractivity contribution is 5.70. The average molecular weight is 1240 g/mol. The second-order valence-corrected chi connectivity index (χ2v) is 25.5. The number of carboxylic acid groups (broad SMARTS) is 1. The minimum atomic E-state index is -1.63. The maximum atomic E-state index is 13.0. The van der Waals surface area contributed by atoms with E-state index in [4.69, 9.17) is 18.9 Å². The fraction of sp³-hybridized carbons (Fsp3) is 0.713. The molecular formula is C80H137NO8. The summed E-state index contributed by atoms with van der Waals surface area (Å²) >= 11 is 0. The predicted octanol–water partition coefficient (Wildman–Crippen LogP) is 21.8. The SMILES string of the molecule is CC/C=C\C/C=C\C/C=C\C/C=C\C/C=C\CCCCCCCCCCCCCCCCCCCCCCCC(=O)OC(COC(=O)CCCCCCCCCCCCC/C=C\C/C=C\C/C=C\C/C=C\C/C=C\CC)COC(OCC[N+](C)(C)C)C(=O)[O-]. The third-order valence-corrected chi connectivity index (χ3v) is 15.7. The standard InChI is InChI=1S/C80H137NO8/c1-6-8-10-12-14-16-18-20-22-24-26-28-30-32-34-35-36-37-38-39-40-41-42-43-45-47-49-51-53-55-57-59-61-63-65-67-69-71-78(83)89-76(75-88-80(79(84)85)86-73-72-81(3,4)5)74-87-77(82)70-68-66-64-62-60-58-56-54-52-50-48-46-44-33-31-29-27-25-23-21-19-17-15-13-11-9-7-2/h8-11,14-17,20-23,26-29,32-34,44,76,80H,6-7,12-13,18-19,24-25,30-31,35-43,45-75H2,1-5H3/b10-8-,11-9-,16-14-,17-15-,22-20-,23-21-,28-26-,29-27-,34-32-,44-33-. The number of ether oxygens (including phenoxy) is 4. The highest BCUT2D eigenvalue weighted by Crippen LogP contribution is 2.18. The van der Waals surface area contributed by atoms with Gasteiger partial charge in [0.05, 0.1) is 40.3 Å². The van der Waals surface area contributed by atoms with Crippen LogP contribution >= 0.6 is 0 Å². The molecule has 0 fully saturated rings. The third kappa shape index (κ3) is 71.0.